The molecule has 3 aromatic carbocycles. The predicted molar refractivity (Wildman–Crippen MR) is 145 cm³/mol. The van der Waals surface area contributed by atoms with Crippen LogP contribution in [0.4, 0.5) is 11.4 Å². The van der Waals surface area contributed by atoms with Crippen LogP contribution in [-0.2, 0) is 5.41 Å². The number of hydrogen-bond acceptors (Lipinski definition) is 4. The monoisotopic (exact) mass is 503 g/mol. The number of anilines is 2. The van der Waals surface area contributed by atoms with Crippen LogP contribution in [0.25, 0.3) is 0 Å². The Balaban J connectivity index is 1.36. The van der Waals surface area contributed by atoms with Gasteiger partial charge >= 0.3 is 5.91 Å². The Hall–Kier alpha value is -3.51. The van der Waals surface area contributed by atoms with Crippen molar-refractivity contribution in [1.29, 1.82) is 0 Å². The predicted octanol–water partition coefficient (Wildman–Crippen LogP) is 7.18. The molecule has 0 atom stereocenters. The lowest BCUT2D eigenvalue weighted by atomic mass is 9.87. The molecule has 1 fully saturated rings. The van der Waals surface area contributed by atoms with Crippen LogP contribution in [-0.4, -0.2) is 24.9 Å². The second-order valence-electron chi connectivity index (χ2n) is 10.2. The van der Waals surface area contributed by atoms with Gasteiger partial charge in [-0.3, -0.25) is 9.59 Å². The highest BCUT2D eigenvalue weighted by Crippen LogP contribution is 2.34. The molecule has 6 nitrogen and oxygen atoms in total. The van der Waals surface area contributed by atoms with E-state index in [4.69, 9.17) is 11.6 Å². The van der Waals surface area contributed by atoms with E-state index in [9.17, 15) is 14.5 Å². The average Bonchev–Trinajstić information content (AvgIpc) is 2.88. The van der Waals surface area contributed by atoms with Gasteiger partial charge in [-0.2, -0.15) is 0 Å². The van der Waals surface area contributed by atoms with Crippen LogP contribution >= 0.6 is 11.6 Å². The van der Waals surface area contributed by atoms with Crippen LogP contribution in [0, 0.1) is 4.91 Å². The molecule has 0 unspecified atom stereocenters. The molecule has 186 valence electrons. The molecule has 1 heterocycles. The molecule has 0 aliphatic carbocycles. The summed E-state index contributed by atoms with van der Waals surface area (Å²) in [4.78, 5) is 37.0. The molecule has 1 aliphatic heterocycles. The van der Waals surface area contributed by atoms with Gasteiger partial charge in [0.05, 0.1) is 10.7 Å². The van der Waals surface area contributed by atoms with E-state index in [2.05, 4.69) is 42.2 Å². The van der Waals surface area contributed by atoms with E-state index in [1.54, 1.807) is 12.1 Å². The Kier molecular flexibility index (Phi) is 7.55. The van der Waals surface area contributed by atoms with Crippen molar-refractivity contribution >= 4 is 34.8 Å². The number of amides is 2. The molecule has 36 heavy (non-hydrogen) atoms. The minimum Gasteiger partial charge on any atom is -0.370 e. The first-order chi connectivity index (χ1) is 17.2. The third kappa shape index (κ3) is 5.82. The van der Waals surface area contributed by atoms with Gasteiger partial charge in [0, 0.05) is 35.1 Å². The van der Waals surface area contributed by atoms with Crippen molar-refractivity contribution in [2.45, 2.75) is 44.9 Å². The Morgan fingerprint density at radius 3 is 2.22 bits per heavy atom. The van der Waals surface area contributed by atoms with Crippen molar-refractivity contribution in [1.82, 2.24) is 0 Å². The van der Waals surface area contributed by atoms with Gasteiger partial charge in [-0.1, -0.05) is 56.6 Å². The van der Waals surface area contributed by atoms with E-state index in [0.717, 1.165) is 37.3 Å². The first kappa shape index (κ1) is 25.6. The van der Waals surface area contributed by atoms with Gasteiger partial charge in [0.25, 0.3) is 5.91 Å². The highest BCUT2D eigenvalue weighted by molar-refractivity contribution is 6.33. The minimum atomic E-state index is -0.822. The second kappa shape index (κ2) is 10.6. The molecule has 4 rings (SSSR count). The fraction of sp³-hybridized carbons (Fsp3) is 0.310. The fourth-order valence-corrected chi connectivity index (χ4v) is 4.88. The van der Waals surface area contributed by atoms with Crippen LogP contribution in [0.15, 0.2) is 71.9 Å². The molecule has 7 heteroatoms. The normalized spacial score (nSPS) is 14.4. The number of benzene rings is 3. The molecule has 0 radical (unpaired) electrons. The van der Waals surface area contributed by atoms with E-state index in [1.165, 1.54) is 17.2 Å². The lowest BCUT2D eigenvalue weighted by molar-refractivity contribution is 0.0998. The molecule has 2 amide bonds. The molecule has 0 saturated carbocycles. The number of nitroso groups, excluding NO2 is 1. The summed E-state index contributed by atoms with van der Waals surface area (Å²) < 4.78 is 0. The number of hydrogen-bond donors (Lipinski definition) is 1. The first-order valence-electron chi connectivity index (χ1n) is 12.1. The maximum atomic E-state index is 12.8. The zero-order valence-corrected chi connectivity index (χ0v) is 21.5. The lowest BCUT2D eigenvalue weighted by Crippen LogP contribution is -2.33. The number of carbonyl (C=O) groups is 2. The summed E-state index contributed by atoms with van der Waals surface area (Å²) >= 11 is 6.38. The van der Waals surface area contributed by atoms with Crippen molar-refractivity contribution in [3.63, 3.8) is 0 Å². The van der Waals surface area contributed by atoms with E-state index in [0.29, 0.717) is 16.5 Å². The molecule has 0 spiro atoms. The maximum Gasteiger partial charge on any atom is 0.316 e. The lowest BCUT2D eigenvalue weighted by Gasteiger charge is -2.34. The standard InChI is InChI=1S/C29H30ClN3O3/c1-29(2,3)23-5-4-6-24(18-23)31-27(34)21-9-7-19(8-10-21)20-13-15-33(16-14-20)26-12-11-22(17-25(26)30)28(35)32-36/h4-12,17-18,20H,13-16H2,1-3H3,(H,31,34). The fourth-order valence-electron chi connectivity index (χ4n) is 4.58. The summed E-state index contributed by atoms with van der Waals surface area (Å²) in [5.41, 5.74) is 4.86. The summed E-state index contributed by atoms with van der Waals surface area (Å²) in [5.74, 6) is -0.554. The molecular weight excluding hydrogens is 474 g/mol. The number of rotatable bonds is 5. The summed E-state index contributed by atoms with van der Waals surface area (Å²) in [6.45, 7) is 8.08. The summed E-state index contributed by atoms with van der Waals surface area (Å²) in [5, 5.41) is 5.90. The third-order valence-electron chi connectivity index (χ3n) is 6.74. The highest BCUT2D eigenvalue weighted by atomic mass is 35.5. The third-order valence-corrected chi connectivity index (χ3v) is 7.05. The zero-order valence-electron chi connectivity index (χ0n) is 20.8. The minimum absolute atomic E-state index is 0.0135. The first-order valence-corrected chi connectivity index (χ1v) is 12.5. The van der Waals surface area contributed by atoms with Crippen molar-refractivity contribution in [2.24, 2.45) is 5.18 Å². The highest BCUT2D eigenvalue weighted by Gasteiger charge is 2.23. The molecule has 1 saturated heterocycles. The number of nitrogens with one attached hydrogen (secondary N) is 1. The maximum absolute atomic E-state index is 12.8. The molecule has 0 bridgehead atoms. The van der Waals surface area contributed by atoms with Gasteiger partial charge in [0.1, 0.15) is 0 Å². The largest absolute Gasteiger partial charge is 0.370 e. The van der Waals surface area contributed by atoms with Crippen molar-refractivity contribution in [2.75, 3.05) is 23.3 Å². The number of piperidine rings is 1. The van der Waals surface area contributed by atoms with Crippen molar-refractivity contribution in [3.8, 4) is 0 Å². The van der Waals surface area contributed by atoms with E-state index < -0.39 is 5.91 Å². The Bertz CT molecular complexity index is 1270. The van der Waals surface area contributed by atoms with Gasteiger partial charge in [-0.05, 0) is 77.8 Å². The quantitative estimate of drug-likeness (QED) is 0.374. The molecular formula is C29H30ClN3O3. The van der Waals surface area contributed by atoms with Crippen LogP contribution in [0.2, 0.25) is 5.02 Å². The SMILES string of the molecule is CC(C)(C)c1cccc(NC(=O)c2ccc(C3CCN(c4ccc(C(=O)N=O)cc4Cl)CC3)cc2)c1. The number of nitrogens with zero attached hydrogens (tertiary/aromatic N) is 2. The molecule has 1 aliphatic rings. The summed E-state index contributed by atoms with van der Waals surface area (Å²) in [6.07, 6.45) is 1.89. The van der Waals surface area contributed by atoms with E-state index in [-0.39, 0.29) is 16.9 Å². The molecule has 1 N–H and O–H groups in total. The van der Waals surface area contributed by atoms with E-state index >= 15 is 0 Å². The summed E-state index contributed by atoms with van der Waals surface area (Å²) in [7, 11) is 0. The summed E-state index contributed by atoms with van der Waals surface area (Å²) in [6, 6.07) is 20.7. The van der Waals surface area contributed by atoms with Crippen LogP contribution < -0.4 is 10.2 Å². The van der Waals surface area contributed by atoms with Crippen LogP contribution in [0.1, 0.15) is 71.4 Å². The Morgan fingerprint density at radius 1 is 0.944 bits per heavy atom. The molecule has 3 aromatic rings. The average molecular weight is 504 g/mol. The van der Waals surface area contributed by atoms with E-state index in [1.807, 2.05) is 42.5 Å². The Labute approximate surface area is 216 Å². The number of halogens is 1. The van der Waals surface area contributed by atoms with Gasteiger partial charge in [0.2, 0.25) is 0 Å². The zero-order chi connectivity index (χ0) is 25.9. The Morgan fingerprint density at radius 2 is 1.61 bits per heavy atom. The van der Waals surface area contributed by atoms with Gasteiger partial charge in [0.15, 0.2) is 0 Å². The number of carbonyl (C=O) groups excluding carboxylic acids is 2. The van der Waals surface area contributed by atoms with Gasteiger partial charge < -0.3 is 10.2 Å². The topological polar surface area (TPSA) is 78.8 Å². The van der Waals surface area contributed by atoms with Crippen molar-refractivity contribution in [3.05, 3.63) is 98.9 Å². The second-order valence-corrected chi connectivity index (χ2v) is 10.6. The smallest absolute Gasteiger partial charge is 0.316 e. The van der Waals surface area contributed by atoms with Gasteiger partial charge in [-0.25, -0.2) is 0 Å². The van der Waals surface area contributed by atoms with Crippen LogP contribution in [0.3, 0.4) is 0 Å². The molecule has 0 aromatic heterocycles. The van der Waals surface area contributed by atoms with Gasteiger partial charge in [-0.15, -0.1) is 4.91 Å². The van der Waals surface area contributed by atoms with Crippen LogP contribution in [0.5, 0.6) is 0 Å². The van der Waals surface area contributed by atoms with Crippen molar-refractivity contribution < 1.29 is 9.59 Å².